The highest BCUT2D eigenvalue weighted by Crippen LogP contribution is 2.34. The van der Waals surface area contributed by atoms with Crippen LogP contribution < -0.4 is 32.3 Å². The van der Waals surface area contributed by atoms with Crippen LogP contribution in [0.4, 0.5) is 34.2 Å². The van der Waals surface area contributed by atoms with Crippen molar-refractivity contribution in [2.24, 2.45) is 9.98 Å². The molecule has 0 aliphatic carbocycles. The van der Waals surface area contributed by atoms with Crippen LogP contribution in [-0.2, 0) is 47.5 Å². The first-order valence-corrected chi connectivity index (χ1v) is 22.1. The number of nitrogens with one attached hydrogen (secondary N) is 5. The molecule has 1 aliphatic rings. The van der Waals surface area contributed by atoms with E-state index >= 15 is 4.39 Å². The monoisotopic (exact) mass is 985 g/mol. The molecule has 2 heterocycles. The van der Waals surface area contributed by atoms with Crippen LogP contribution >= 0.6 is 0 Å². The number of unbranched alkanes of at least 4 members (excludes halogenated alkanes) is 2. The zero-order valence-electron chi connectivity index (χ0n) is 41.7. The van der Waals surface area contributed by atoms with E-state index < -0.39 is 145 Å². The highest BCUT2D eigenvalue weighted by atomic mass is 19.1. The summed E-state index contributed by atoms with van der Waals surface area (Å²) in [5.74, 6) is -4.88. The zero-order valence-corrected chi connectivity index (χ0v) is 41.7. The third kappa shape index (κ3) is 23.8. The fraction of sp³-hybridized carbons (Fsp3) is 0.698. The van der Waals surface area contributed by atoms with E-state index in [4.69, 9.17) is 37.9 Å². The SMILES string of the molecule is CCCCCOC(=O)Nc1nc(=O)n([C@@H]2O[C@H](C)[C@@H](OC(=O)CCN=C(NC(=O)OC(C)(C)C)NC(=O)OC(C)(C)C)[C@H]2OC(=O)CCN=C(NC(=O)OC(C)(C)C)NC(=O)OC(C)(C)C)cc1F. The van der Waals surface area contributed by atoms with Crippen molar-refractivity contribution in [2.45, 2.75) is 176 Å². The number of amides is 5. The lowest BCUT2D eigenvalue weighted by Gasteiger charge is -2.24. The molecule has 1 aliphatic heterocycles. The number of anilines is 1. The van der Waals surface area contributed by atoms with Gasteiger partial charge in [0.15, 0.2) is 30.1 Å². The number of rotatable bonds is 14. The van der Waals surface area contributed by atoms with Gasteiger partial charge < -0.3 is 37.9 Å². The van der Waals surface area contributed by atoms with E-state index in [1.807, 2.05) is 6.92 Å². The second-order valence-corrected chi connectivity index (χ2v) is 19.2. The van der Waals surface area contributed by atoms with E-state index in [1.165, 1.54) is 6.92 Å². The number of nitrogens with zero attached hydrogens (tertiary/aromatic N) is 4. The molecule has 0 saturated carbocycles. The molecule has 1 fully saturated rings. The summed E-state index contributed by atoms with van der Waals surface area (Å²) in [5, 5.41) is 11.2. The summed E-state index contributed by atoms with van der Waals surface area (Å²) in [5.41, 5.74) is -4.91. The average molecular weight is 986 g/mol. The van der Waals surface area contributed by atoms with Gasteiger partial charge in [0.2, 0.25) is 11.9 Å². The topological polar surface area (TPSA) is 313 Å². The maximum absolute atomic E-state index is 15.5. The van der Waals surface area contributed by atoms with Gasteiger partial charge in [0.05, 0.1) is 44.8 Å². The van der Waals surface area contributed by atoms with Crippen molar-refractivity contribution in [3.05, 3.63) is 22.5 Å². The lowest BCUT2D eigenvalue weighted by atomic mass is 10.1. The van der Waals surface area contributed by atoms with Crippen LogP contribution in [0.1, 0.15) is 135 Å². The molecule has 26 heteroatoms. The predicted molar refractivity (Wildman–Crippen MR) is 244 cm³/mol. The van der Waals surface area contributed by atoms with Gasteiger partial charge in [0.25, 0.3) is 0 Å². The van der Waals surface area contributed by atoms with Gasteiger partial charge in [-0.3, -0.25) is 50.7 Å². The van der Waals surface area contributed by atoms with Crippen molar-refractivity contribution in [1.82, 2.24) is 30.8 Å². The Morgan fingerprint density at radius 2 is 1.07 bits per heavy atom. The summed E-state index contributed by atoms with van der Waals surface area (Å²) in [6.45, 7) is 21.8. The Kier molecular flexibility index (Phi) is 21.8. The van der Waals surface area contributed by atoms with Crippen LogP contribution in [0.25, 0.3) is 0 Å². The molecule has 1 saturated heterocycles. The summed E-state index contributed by atoms with van der Waals surface area (Å²) >= 11 is 0. The molecule has 2 rings (SSSR count). The number of aromatic nitrogens is 2. The Hall–Kier alpha value is -6.60. The Morgan fingerprint density at radius 3 is 1.46 bits per heavy atom. The Morgan fingerprint density at radius 1 is 0.667 bits per heavy atom. The molecule has 0 aromatic carbocycles. The third-order valence-electron chi connectivity index (χ3n) is 7.99. The van der Waals surface area contributed by atoms with Crippen LogP contribution in [0.15, 0.2) is 21.0 Å². The van der Waals surface area contributed by atoms with Crippen molar-refractivity contribution in [2.75, 3.05) is 25.0 Å². The number of esters is 2. The molecular weight excluding hydrogens is 918 g/mol. The number of carbonyl (C=O) groups excluding carboxylic acids is 7. The molecule has 0 bridgehead atoms. The highest BCUT2D eigenvalue weighted by molar-refractivity contribution is 6.02. The minimum absolute atomic E-state index is 0.0336. The standard InChI is InChI=1S/C43H68FN9O16/c1-15-16-17-22-62-35(57)48-30-25(44)23-53(34(56)47-30)31-29(65-27(55)19-21-46-33(51-38(60)68-42(9,10)11)52-39(61)69-43(12,13)14)28(24(2)63-31)64-26(54)18-20-45-32(49-36(58)66-40(3,4)5)50-37(59)67-41(6,7)8/h23-24,28-29,31H,15-22H2,1-14H3,(H,47,48,56,57)(H2,45,49,50,58,59)(H2,46,51,52,60,61)/t24-,28-,29-,31-/m1/s1. The highest BCUT2D eigenvalue weighted by Gasteiger charge is 2.49. The van der Waals surface area contributed by atoms with Gasteiger partial charge >= 0.3 is 48.1 Å². The van der Waals surface area contributed by atoms with Crippen molar-refractivity contribution >= 4 is 60.1 Å². The number of hydrogen-bond donors (Lipinski definition) is 5. The molecule has 5 N–H and O–H groups in total. The number of ether oxygens (including phenoxy) is 8. The Bertz CT molecular complexity index is 2040. The predicted octanol–water partition coefficient (Wildman–Crippen LogP) is 5.45. The van der Waals surface area contributed by atoms with Crippen molar-refractivity contribution in [3.63, 3.8) is 0 Å². The first-order valence-electron chi connectivity index (χ1n) is 22.1. The molecule has 1 aromatic heterocycles. The maximum Gasteiger partial charge on any atom is 0.414 e. The van der Waals surface area contributed by atoms with E-state index in [-0.39, 0.29) is 6.61 Å². The fourth-order valence-corrected chi connectivity index (χ4v) is 5.44. The van der Waals surface area contributed by atoms with Crippen LogP contribution in [0.5, 0.6) is 0 Å². The Balaban J connectivity index is 2.45. The smallest absolute Gasteiger partial charge is 0.414 e. The molecular formula is C43H68FN9O16. The number of guanidine groups is 2. The van der Waals surface area contributed by atoms with Crippen molar-refractivity contribution in [3.8, 4) is 0 Å². The number of carbonyl (C=O) groups is 7. The minimum Gasteiger partial charge on any atom is -0.455 e. The summed E-state index contributed by atoms with van der Waals surface area (Å²) < 4.78 is 59.4. The third-order valence-corrected chi connectivity index (χ3v) is 7.99. The first kappa shape index (κ1) is 58.5. The lowest BCUT2D eigenvalue weighted by Crippen LogP contribution is -2.47. The zero-order chi connectivity index (χ0) is 52.5. The van der Waals surface area contributed by atoms with E-state index in [2.05, 4.69) is 41.6 Å². The van der Waals surface area contributed by atoms with Crippen molar-refractivity contribution in [1.29, 1.82) is 0 Å². The second kappa shape index (κ2) is 25.7. The van der Waals surface area contributed by atoms with Gasteiger partial charge in [-0.2, -0.15) is 4.98 Å². The van der Waals surface area contributed by atoms with Gasteiger partial charge in [-0.1, -0.05) is 19.8 Å². The number of halogens is 1. The molecule has 4 atom stereocenters. The second-order valence-electron chi connectivity index (χ2n) is 19.2. The van der Waals surface area contributed by atoms with Crippen LogP contribution in [0.2, 0.25) is 0 Å². The van der Waals surface area contributed by atoms with Crippen molar-refractivity contribution < 1.29 is 75.8 Å². The van der Waals surface area contributed by atoms with Crippen LogP contribution in [0, 0.1) is 5.82 Å². The summed E-state index contributed by atoms with van der Waals surface area (Å²) in [6, 6.07) is 0. The molecule has 0 unspecified atom stereocenters. The molecule has 5 amide bonds. The maximum atomic E-state index is 15.5. The van der Waals surface area contributed by atoms with Gasteiger partial charge in [-0.15, -0.1) is 0 Å². The number of alkyl carbamates (subject to hydrolysis) is 4. The Labute approximate surface area is 399 Å². The van der Waals surface area contributed by atoms with E-state index in [0.29, 0.717) is 17.2 Å². The van der Waals surface area contributed by atoms with Crippen LogP contribution in [-0.4, -0.2) is 124 Å². The largest absolute Gasteiger partial charge is 0.455 e. The lowest BCUT2D eigenvalue weighted by molar-refractivity contribution is -0.168. The molecule has 25 nitrogen and oxygen atoms in total. The molecule has 0 spiro atoms. The normalized spacial score (nSPS) is 16.9. The first-order chi connectivity index (χ1) is 31.7. The minimum atomic E-state index is -1.69. The van der Waals surface area contributed by atoms with Gasteiger partial charge in [0.1, 0.15) is 22.4 Å². The van der Waals surface area contributed by atoms with E-state index in [0.717, 1.165) is 12.8 Å². The van der Waals surface area contributed by atoms with Crippen LogP contribution in [0.3, 0.4) is 0 Å². The number of aliphatic imine (C=N–C) groups is 2. The quantitative estimate of drug-likeness (QED) is 0.0508. The summed E-state index contributed by atoms with van der Waals surface area (Å²) in [4.78, 5) is 115. The van der Waals surface area contributed by atoms with E-state index in [9.17, 15) is 38.4 Å². The number of hydrogen-bond acceptors (Lipinski definition) is 19. The molecule has 69 heavy (non-hydrogen) atoms. The van der Waals surface area contributed by atoms with Gasteiger partial charge in [-0.25, -0.2) is 33.2 Å². The van der Waals surface area contributed by atoms with E-state index in [1.54, 1.807) is 83.1 Å². The van der Waals surface area contributed by atoms with Gasteiger partial charge in [0, 0.05) is 0 Å². The summed E-state index contributed by atoms with van der Waals surface area (Å²) in [6.07, 6.45) is -9.29. The molecule has 0 radical (unpaired) electrons. The average Bonchev–Trinajstić information content (AvgIpc) is 3.44. The fourth-order valence-electron chi connectivity index (χ4n) is 5.44. The molecule has 1 aromatic rings. The summed E-state index contributed by atoms with van der Waals surface area (Å²) in [7, 11) is 0. The molecule has 388 valence electrons. The van der Waals surface area contributed by atoms with Gasteiger partial charge in [-0.05, 0) is 96.4 Å².